The SMILES string of the molecule is CN1CCNCC1c1noc(Cc2ccc(OC(F)F)cc2)n1.Cl. The summed E-state index contributed by atoms with van der Waals surface area (Å²) in [7, 11) is 2.03. The van der Waals surface area contributed by atoms with Crippen molar-refractivity contribution in [1.29, 1.82) is 0 Å². The number of rotatable bonds is 5. The van der Waals surface area contributed by atoms with E-state index in [0.29, 0.717) is 18.1 Å². The van der Waals surface area contributed by atoms with Crippen LogP contribution in [0.25, 0.3) is 0 Å². The average Bonchev–Trinajstić information content (AvgIpc) is 2.97. The molecule has 1 atom stereocenters. The number of benzene rings is 1. The van der Waals surface area contributed by atoms with E-state index in [1.807, 2.05) is 7.05 Å². The average molecular weight is 361 g/mol. The van der Waals surface area contributed by atoms with E-state index in [2.05, 4.69) is 25.1 Å². The topological polar surface area (TPSA) is 63.4 Å². The van der Waals surface area contributed by atoms with Gasteiger partial charge in [-0.15, -0.1) is 12.4 Å². The summed E-state index contributed by atoms with van der Waals surface area (Å²) in [6.07, 6.45) is 0.450. The van der Waals surface area contributed by atoms with E-state index in [0.717, 1.165) is 25.2 Å². The van der Waals surface area contributed by atoms with Crippen molar-refractivity contribution in [3.63, 3.8) is 0 Å². The Morgan fingerprint density at radius 2 is 2.12 bits per heavy atom. The maximum Gasteiger partial charge on any atom is 0.387 e. The fraction of sp³-hybridized carbons (Fsp3) is 0.467. The summed E-state index contributed by atoms with van der Waals surface area (Å²) in [5, 5.41) is 7.36. The van der Waals surface area contributed by atoms with Crippen molar-refractivity contribution in [3.8, 4) is 5.75 Å². The largest absolute Gasteiger partial charge is 0.435 e. The number of likely N-dealkylation sites (N-methyl/N-ethyl adjacent to an activating group) is 1. The lowest BCUT2D eigenvalue weighted by atomic mass is 10.1. The summed E-state index contributed by atoms with van der Waals surface area (Å²) in [4.78, 5) is 6.62. The van der Waals surface area contributed by atoms with Crippen molar-refractivity contribution in [3.05, 3.63) is 41.5 Å². The van der Waals surface area contributed by atoms with E-state index in [9.17, 15) is 8.78 Å². The molecule has 9 heteroatoms. The smallest absolute Gasteiger partial charge is 0.387 e. The van der Waals surface area contributed by atoms with Crippen LogP contribution in [0.1, 0.15) is 23.3 Å². The number of hydrogen-bond donors (Lipinski definition) is 1. The number of ether oxygens (including phenoxy) is 1. The summed E-state index contributed by atoms with van der Waals surface area (Å²) in [5.41, 5.74) is 0.886. The number of aromatic nitrogens is 2. The van der Waals surface area contributed by atoms with Gasteiger partial charge in [-0.1, -0.05) is 17.3 Å². The Labute approximate surface area is 144 Å². The molecule has 2 heterocycles. The normalized spacial score (nSPS) is 18.4. The molecule has 1 aromatic carbocycles. The van der Waals surface area contributed by atoms with Crippen LogP contribution < -0.4 is 10.1 Å². The zero-order valence-electron chi connectivity index (χ0n) is 13.1. The molecule has 0 bridgehead atoms. The van der Waals surface area contributed by atoms with Crippen molar-refractivity contribution in [2.75, 3.05) is 26.7 Å². The number of alkyl halides is 2. The Kier molecular flexibility index (Phi) is 6.47. The molecule has 1 aromatic heterocycles. The summed E-state index contributed by atoms with van der Waals surface area (Å²) in [6.45, 7) is -0.152. The van der Waals surface area contributed by atoms with E-state index in [1.54, 1.807) is 12.1 Å². The first-order valence-electron chi connectivity index (χ1n) is 7.39. The van der Waals surface area contributed by atoms with Gasteiger partial charge in [-0.25, -0.2) is 0 Å². The fourth-order valence-corrected chi connectivity index (χ4v) is 2.53. The van der Waals surface area contributed by atoms with Crippen LogP contribution in [0.4, 0.5) is 8.78 Å². The third-order valence-electron chi connectivity index (χ3n) is 3.80. The molecular formula is C15H19ClF2N4O2. The lowest BCUT2D eigenvalue weighted by Gasteiger charge is -2.30. The lowest BCUT2D eigenvalue weighted by Crippen LogP contribution is -2.44. The molecule has 0 saturated carbocycles. The first-order valence-corrected chi connectivity index (χ1v) is 7.39. The quantitative estimate of drug-likeness (QED) is 0.882. The molecule has 0 spiro atoms. The second-order valence-corrected chi connectivity index (χ2v) is 5.45. The molecule has 0 radical (unpaired) electrons. The first-order chi connectivity index (χ1) is 11.1. The summed E-state index contributed by atoms with van der Waals surface area (Å²) in [6, 6.07) is 6.50. The van der Waals surface area contributed by atoms with Gasteiger partial charge >= 0.3 is 6.61 Å². The minimum atomic E-state index is -2.82. The minimum absolute atomic E-state index is 0. The molecular weight excluding hydrogens is 342 g/mol. The van der Waals surface area contributed by atoms with E-state index in [4.69, 9.17) is 4.52 Å². The Bertz CT molecular complexity index is 639. The first kappa shape index (κ1) is 18.6. The third-order valence-corrected chi connectivity index (χ3v) is 3.80. The number of nitrogens with one attached hydrogen (secondary N) is 1. The van der Waals surface area contributed by atoms with E-state index in [1.165, 1.54) is 12.1 Å². The molecule has 132 valence electrons. The van der Waals surface area contributed by atoms with Gasteiger partial charge in [0.2, 0.25) is 5.89 Å². The van der Waals surface area contributed by atoms with Crippen LogP contribution in [0.15, 0.2) is 28.8 Å². The Morgan fingerprint density at radius 3 is 2.79 bits per heavy atom. The summed E-state index contributed by atoms with van der Waals surface area (Å²) < 4.78 is 33.8. The zero-order valence-corrected chi connectivity index (χ0v) is 13.9. The molecule has 6 nitrogen and oxygen atoms in total. The van der Waals surface area contributed by atoms with Crippen molar-refractivity contribution in [2.45, 2.75) is 19.1 Å². The minimum Gasteiger partial charge on any atom is -0.435 e. The van der Waals surface area contributed by atoms with Crippen LogP contribution in [-0.4, -0.2) is 48.3 Å². The van der Waals surface area contributed by atoms with Gasteiger partial charge in [0.1, 0.15) is 5.75 Å². The summed E-state index contributed by atoms with van der Waals surface area (Å²) in [5.74, 6) is 1.29. The molecule has 0 amide bonds. The van der Waals surface area contributed by atoms with Crippen molar-refractivity contribution >= 4 is 12.4 Å². The molecule has 1 unspecified atom stereocenters. The van der Waals surface area contributed by atoms with Crippen molar-refractivity contribution < 1.29 is 18.0 Å². The van der Waals surface area contributed by atoms with Gasteiger partial charge in [0.25, 0.3) is 0 Å². The molecule has 1 aliphatic rings. The number of nitrogens with zero attached hydrogens (tertiary/aromatic N) is 3. The molecule has 1 aliphatic heterocycles. The number of piperazine rings is 1. The van der Waals surface area contributed by atoms with Crippen LogP contribution >= 0.6 is 12.4 Å². The molecule has 3 rings (SSSR count). The monoisotopic (exact) mass is 360 g/mol. The van der Waals surface area contributed by atoms with Crippen LogP contribution in [-0.2, 0) is 6.42 Å². The van der Waals surface area contributed by atoms with Crippen LogP contribution in [0.5, 0.6) is 5.75 Å². The molecule has 1 N–H and O–H groups in total. The predicted molar refractivity (Wildman–Crippen MR) is 85.7 cm³/mol. The van der Waals surface area contributed by atoms with Crippen LogP contribution in [0, 0.1) is 0 Å². The highest BCUT2D eigenvalue weighted by Crippen LogP contribution is 2.20. The molecule has 24 heavy (non-hydrogen) atoms. The standard InChI is InChI=1S/C15H18F2N4O2.ClH/c1-21-7-6-18-9-12(21)14-19-13(23-20-14)8-10-2-4-11(5-3-10)22-15(16)17;/h2-5,12,15,18H,6-9H2,1H3;1H. The zero-order chi connectivity index (χ0) is 16.2. The maximum atomic E-state index is 12.1. The van der Waals surface area contributed by atoms with Gasteiger partial charge in [0.05, 0.1) is 12.5 Å². The van der Waals surface area contributed by atoms with Crippen LogP contribution in [0.3, 0.4) is 0 Å². The molecule has 1 fully saturated rings. The van der Waals surface area contributed by atoms with Gasteiger partial charge in [-0.3, -0.25) is 4.90 Å². The third kappa shape index (κ3) is 4.62. The molecule has 0 aliphatic carbocycles. The number of halogens is 3. The Balaban J connectivity index is 0.00000208. The molecule has 1 saturated heterocycles. The van der Waals surface area contributed by atoms with Gasteiger partial charge in [0.15, 0.2) is 5.82 Å². The fourth-order valence-electron chi connectivity index (χ4n) is 2.53. The lowest BCUT2D eigenvalue weighted by molar-refractivity contribution is -0.0498. The van der Waals surface area contributed by atoms with E-state index < -0.39 is 6.61 Å². The predicted octanol–water partition coefficient (Wildman–Crippen LogP) is 2.26. The number of hydrogen-bond acceptors (Lipinski definition) is 6. The van der Waals surface area contributed by atoms with E-state index in [-0.39, 0.29) is 24.2 Å². The highest BCUT2D eigenvalue weighted by molar-refractivity contribution is 5.85. The maximum absolute atomic E-state index is 12.1. The summed E-state index contributed by atoms with van der Waals surface area (Å²) >= 11 is 0. The second-order valence-electron chi connectivity index (χ2n) is 5.45. The van der Waals surface area contributed by atoms with Gasteiger partial charge in [-0.2, -0.15) is 13.8 Å². The van der Waals surface area contributed by atoms with Crippen molar-refractivity contribution in [2.24, 2.45) is 0 Å². The Morgan fingerprint density at radius 1 is 1.38 bits per heavy atom. The van der Waals surface area contributed by atoms with Gasteiger partial charge in [-0.05, 0) is 24.7 Å². The second kappa shape index (κ2) is 8.36. The van der Waals surface area contributed by atoms with Crippen LogP contribution in [0.2, 0.25) is 0 Å². The highest BCUT2D eigenvalue weighted by atomic mass is 35.5. The van der Waals surface area contributed by atoms with Gasteiger partial charge in [0, 0.05) is 19.6 Å². The van der Waals surface area contributed by atoms with Gasteiger partial charge < -0.3 is 14.6 Å². The van der Waals surface area contributed by atoms with Crippen molar-refractivity contribution in [1.82, 2.24) is 20.4 Å². The highest BCUT2D eigenvalue weighted by Gasteiger charge is 2.25. The Hall–Kier alpha value is -1.77. The van der Waals surface area contributed by atoms with E-state index >= 15 is 0 Å². The molecule has 2 aromatic rings.